The topological polar surface area (TPSA) is 35.5 Å². The third-order valence-corrected chi connectivity index (χ3v) is 4.55. The first-order valence-electron chi connectivity index (χ1n) is 9.17. The highest BCUT2D eigenvalue weighted by Gasteiger charge is 2.20. The van der Waals surface area contributed by atoms with Gasteiger partial charge in [-0.25, -0.2) is 9.18 Å². The van der Waals surface area contributed by atoms with Crippen molar-refractivity contribution >= 4 is 5.97 Å². The summed E-state index contributed by atoms with van der Waals surface area (Å²) in [4.78, 5) is 12.0. The molecule has 4 heteroatoms. The Bertz CT molecular complexity index is 740. The Morgan fingerprint density at radius 2 is 1.69 bits per heavy atom. The fraction of sp³-hybridized carbons (Fsp3) is 0.409. The lowest BCUT2D eigenvalue weighted by molar-refractivity contribution is 0.0601. The average molecular weight is 358 g/mol. The van der Waals surface area contributed by atoms with Crippen LogP contribution in [-0.4, -0.2) is 20.2 Å². The molecule has 140 valence electrons. The molecule has 0 unspecified atom stereocenters. The van der Waals surface area contributed by atoms with E-state index >= 15 is 0 Å². The SMILES string of the molecule is CCCCCCCc1ccc(-c2ccccc2C(=O)OC)c(OC)c1F. The van der Waals surface area contributed by atoms with E-state index in [4.69, 9.17) is 9.47 Å². The van der Waals surface area contributed by atoms with Crippen LogP contribution in [0.2, 0.25) is 0 Å². The highest BCUT2D eigenvalue weighted by Crippen LogP contribution is 2.36. The Morgan fingerprint density at radius 1 is 0.962 bits per heavy atom. The number of unbranched alkanes of at least 4 members (excludes halogenated alkanes) is 4. The predicted octanol–water partition coefficient (Wildman–Crippen LogP) is 5.80. The second-order valence-electron chi connectivity index (χ2n) is 6.32. The fourth-order valence-electron chi connectivity index (χ4n) is 3.13. The maximum absolute atomic E-state index is 15.0. The van der Waals surface area contributed by atoms with Gasteiger partial charge in [0.15, 0.2) is 11.6 Å². The zero-order valence-corrected chi connectivity index (χ0v) is 15.8. The Morgan fingerprint density at radius 3 is 2.38 bits per heavy atom. The second kappa shape index (κ2) is 9.95. The Balaban J connectivity index is 2.32. The summed E-state index contributed by atoms with van der Waals surface area (Å²) < 4.78 is 25.2. The number of aryl methyl sites for hydroxylation is 1. The summed E-state index contributed by atoms with van der Waals surface area (Å²) in [7, 11) is 2.78. The van der Waals surface area contributed by atoms with Crippen molar-refractivity contribution in [3.05, 3.63) is 53.3 Å². The van der Waals surface area contributed by atoms with Crippen molar-refractivity contribution < 1.29 is 18.7 Å². The van der Waals surface area contributed by atoms with E-state index in [2.05, 4.69) is 6.92 Å². The van der Waals surface area contributed by atoms with E-state index in [1.807, 2.05) is 6.07 Å². The minimum atomic E-state index is -0.455. The molecule has 0 spiro atoms. The Kier molecular flexibility index (Phi) is 7.64. The van der Waals surface area contributed by atoms with Crippen molar-refractivity contribution in [2.24, 2.45) is 0 Å². The molecule has 0 bridgehead atoms. The zero-order valence-electron chi connectivity index (χ0n) is 15.8. The van der Waals surface area contributed by atoms with Crippen LogP contribution in [0.15, 0.2) is 36.4 Å². The van der Waals surface area contributed by atoms with Gasteiger partial charge in [0.05, 0.1) is 19.8 Å². The minimum absolute atomic E-state index is 0.174. The lowest BCUT2D eigenvalue weighted by Crippen LogP contribution is -2.05. The monoisotopic (exact) mass is 358 g/mol. The van der Waals surface area contributed by atoms with Crippen LogP contribution >= 0.6 is 0 Å². The molecular formula is C22H27FO3. The molecule has 3 nitrogen and oxygen atoms in total. The van der Waals surface area contributed by atoms with Crippen LogP contribution in [0.25, 0.3) is 11.1 Å². The molecule has 0 N–H and O–H groups in total. The number of rotatable bonds is 9. The van der Waals surface area contributed by atoms with E-state index in [1.165, 1.54) is 33.5 Å². The average Bonchev–Trinajstić information content (AvgIpc) is 2.68. The van der Waals surface area contributed by atoms with Crippen LogP contribution in [0.4, 0.5) is 4.39 Å². The Hall–Kier alpha value is -2.36. The summed E-state index contributed by atoms with van der Waals surface area (Å²) in [5.41, 5.74) is 2.20. The van der Waals surface area contributed by atoms with Crippen LogP contribution in [-0.2, 0) is 11.2 Å². The van der Waals surface area contributed by atoms with Crippen LogP contribution in [0.1, 0.15) is 54.9 Å². The van der Waals surface area contributed by atoms with Gasteiger partial charge in [-0.2, -0.15) is 0 Å². The molecule has 0 aromatic heterocycles. The normalized spacial score (nSPS) is 10.6. The third-order valence-electron chi connectivity index (χ3n) is 4.55. The van der Waals surface area contributed by atoms with E-state index < -0.39 is 5.97 Å². The Labute approximate surface area is 155 Å². The van der Waals surface area contributed by atoms with Crippen LogP contribution in [0.3, 0.4) is 0 Å². The van der Waals surface area contributed by atoms with E-state index in [-0.39, 0.29) is 11.6 Å². The number of esters is 1. The first-order chi connectivity index (χ1) is 12.6. The van der Waals surface area contributed by atoms with Gasteiger partial charge < -0.3 is 9.47 Å². The summed E-state index contributed by atoms with van der Waals surface area (Å²) in [5.74, 6) is -0.629. The molecule has 0 atom stereocenters. The molecular weight excluding hydrogens is 331 g/mol. The summed E-state index contributed by atoms with van der Waals surface area (Å²) in [6, 6.07) is 10.6. The van der Waals surface area contributed by atoms with Crippen molar-refractivity contribution in [1.82, 2.24) is 0 Å². The lowest BCUT2D eigenvalue weighted by Gasteiger charge is -2.15. The number of carbonyl (C=O) groups excluding carboxylic acids is 1. The van der Waals surface area contributed by atoms with Crippen molar-refractivity contribution in [2.75, 3.05) is 14.2 Å². The number of hydrogen-bond donors (Lipinski definition) is 0. The smallest absolute Gasteiger partial charge is 0.338 e. The molecule has 0 saturated carbocycles. The van der Waals surface area contributed by atoms with Gasteiger partial charge >= 0.3 is 5.97 Å². The molecule has 0 fully saturated rings. The van der Waals surface area contributed by atoms with Crippen molar-refractivity contribution in [2.45, 2.75) is 45.4 Å². The van der Waals surface area contributed by atoms with Gasteiger partial charge in [0.2, 0.25) is 0 Å². The van der Waals surface area contributed by atoms with Gasteiger partial charge in [-0.3, -0.25) is 0 Å². The van der Waals surface area contributed by atoms with E-state index in [9.17, 15) is 9.18 Å². The number of methoxy groups -OCH3 is 2. The molecule has 26 heavy (non-hydrogen) atoms. The summed E-state index contributed by atoms with van der Waals surface area (Å²) in [6.07, 6.45) is 6.33. The number of carbonyl (C=O) groups is 1. The summed E-state index contributed by atoms with van der Waals surface area (Å²) >= 11 is 0. The minimum Gasteiger partial charge on any atom is -0.493 e. The van der Waals surface area contributed by atoms with E-state index in [1.54, 1.807) is 30.3 Å². The third kappa shape index (κ3) is 4.63. The molecule has 2 rings (SSSR count). The van der Waals surface area contributed by atoms with E-state index in [0.29, 0.717) is 28.7 Å². The first-order valence-corrected chi connectivity index (χ1v) is 9.17. The van der Waals surface area contributed by atoms with Gasteiger partial charge in [-0.05, 0) is 30.0 Å². The number of benzene rings is 2. The van der Waals surface area contributed by atoms with Crippen LogP contribution in [0.5, 0.6) is 5.75 Å². The molecule has 0 heterocycles. The summed E-state index contributed by atoms with van der Waals surface area (Å²) in [5, 5.41) is 0. The molecule has 0 aliphatic rings. The van der Waals surface area contributed by atoms with E-state index in [0.717, 1.165) is 12.8 Å². The van der Waals surface area contributed by atoms with Crippen molar-refractivity contribution in [1.29, 1.82) is 0 Å². The van der Waals surface area contributed by atoms with Crippen LogP contribution in [0, 0.1) is 5.82 Å². The van der Waals surface area contributed by atoms with Gasteiger partial charge in [0.25, 0.3) is 0 Å². The number of halogens is 1. The molecule has 2 aromatic rings. The standard InChI is InChI=1S/C22H27FO3/c1-4-5-6-7-8-11-16-14-15-18(21(25-2)20(16)23)17-12-9-10-13-19(17)22(24)26-3/h9-10,12-15H,4-8,11H2,1-3H3. The van der Waals surface area contributed by atoms with Gasteiger partial charge in [0, 0.05) is 5.56 Å². The molecule has 0 radical (unpaired) electrons. The highest BCUT2D eigenvalue weighted by atomic mass is 19.1. The molecule has 0 amide bonds. The molecule has 0 aliphatic heterocycles. The maximum atomic E-state index is 15.0. The highest BCUT2D eigenvalue weighted by molar-refractivity contribution is 5.98. The van der Waals surface area contributed by atoms with Crippen molar-refractivity contribution in [3.8, 4) is 16.9 Å². The number of hydrogen-bond acceptors (Lipinski definition) is 3. The van der Waals surface area contributed by atoms with Crippen molar-refractivity contribution in [3.63, 3.8) is 0 Å². The predicted molar refractivity (Wildman–Crippen MR) is 102 cm³/mol. The summed E-state index contributed by atoms with van der Waals surface area (Å²) in [6.45, 7) is 2.18. The van der Waals surface area contributed by atoms with Gasteiger partial charge in [-0.1, -0.05) is 62.9 Å². The second-order valence-corrected chi connectivity index (χ2v) is 6.32. The van der Waals surface area contributed by atoms with Gasteiger partial charge in [0.1, 0.15) is 0 Å². The molecule has 0 aliphatic carbocycles. The quantitative estimate of drug-likeness (QED) is 0.420. The molecule has 0 saturated heterocycles. The first kappa shape index (κ1) is 20.0. The van der Waals surface area contributed by atoms with Crippen LogP contribution < -0.4 is 4.74 Å². The maximum Gasteiger partial charge on any atom is 0.338 e. The lowest BCUT2D eigenvalue weighted by atomic mass is 9.95. The van der Waals surface area contributed by atoms with Gasteiger partial charge in [-0.15, -0.1) is 0 Å². The number of ether oxygens (including phenoxy) is 2. The largest absolute Gasteiger partial charge is 0.493 e. The fourth-order valence-corrected chi connectivity index (χ4v) is 3.13. The zero-order chi connectivity index (χ0) is 18.9. The molecule has 2 aromatic carbocycles.